The first-order valence-corrected chi connectivity index (χ1v) is 4.18. The Morgan fingerprint density at radius 2 is 1.94 bits per heavy atom. The van der Waals surface area contributed by atoms with Gasteiger partial charge >= 0.3 is 12.4 Å². The Kier molecular flexibility index (Phi) is 2.37. The highest BCUT2D eigenvalue weighted by molar-refractivity contribution is 5.49. The van der Waals surface area contributed by atoms with E-state index in [0.717, 1.165) is 12.1 Å². The Bertz CT molecular complexity index is 513. The van der Waals surface area contributed by atoms with Crippen molar-refractivity contribution in [3.05, 3.63) is 34.2 Å². The number of ether oxygens (including phenoxy) is 2. The molecule has 0 saturated carbocycles. The summed E-state index contributed by atoms with van der Waals surface area (Å²) in [5, 5.41) is 3.07. The molecule has 17 heavy (non-hydrogen) atoms. The van der Waals surface area contributed by atoms with Crippen LogP contribution in [0.5, 0.6) is 5.75 Å². The van der Waals surface area contributed by atoms with Crippen LogP contribution < -0.4 is 4.74 Å². The number of azide groups is 1. The van der Waals surface area contributed by atoms with Crippen molar-refractivity contribution in [3.8, 4) is 5.75 Å². The molecule has 1 aliphatic heterocycles. The van der Waals surface area contributed by atoms with Crippen molar-refractivity contribution < 1.29 is 27.0 Å². The molecule has 2 rings (SSSR count). The minimum atomic E-state index is -4.41. The lowest BCUT2D eigenvalue weighted by Gasteiger charge is -2.30. The van der Waals surface area contributed by atoms with Gasteiger partial charge in [0.2, 0.25) is 0 Å². The third-order valence-corrected chi connectivity index (χ3v) is 1.91. The van der Waals surface area contributed by atoms with Crippen LogP contribution in [0.1, 0.15) is 5.56 Å². The van der Waals surface area contributed by atoms with E-state index in [0.29, 0.717) is 6.07 Å². The lowest BCUT2D eigenvalue weighted by atomic mass is 10.1. The van der Waals surface area contributed by atoms with Crippen LogP contribution in [0.15, 0.2) is 23.3 Å². The van der Waals surface area contributed by atoms with Gasteiger partial charge in [-0.25, -0.2) is 4.74 Å². The lowest BCUT2D eigenvalue weighted by Crippen LogP contribution is -2.40. The van der Waals surface area contributed by atoms with Crippen LogP contribution >= 0.6 is 0 Å². The summed E-state index contributed by atoms with van der Waals surface area (Å²) in [6, 6.07) is 2.63. The molecule has 1 aromatic rings. The molecule has 1 heterocycles. The number of nitrogens with zero attached hydrogens (tertiary/aromatic N) is 3. The highest BCUT2D eigenvalue weighted by atomic mass is 19.3. The van der Waals surface area contributed by atoms with Crippen molar-refractivity contribution in [3.63, 3.8) is 0 Å². The Labute approximate surface area is 91.2 Å². The van der Waals surface area contributed by atoms with Gasteiger partial charge in [-0.2, -0.15) is 8.78 Å². The van der Waals surface area contributed by atoms with E-state index >= 15 is 0 Å². The van der Waals surface area contributed by atoms with E-state index in [1.807, 2.05) is 0 Å². The predicted molar refractivity (Wildman–Crippen MR) is 45.8 cm³/mol. The summed E-state index contributed by atoms with van der Waals surface area (Å²) in [7, 11) is 0. The van der Waals surface area contributed by atoms with Gasteiger partial charge in [-0.15, -0.1) is 8.78 Å². The van der Waals surface area contributed by atoms with E-state index < -0.39 is 23.7 Å². The molecule has 0 bridgehead atoms. The Hall–Kier alpha value is -1.99. The van der Waals surface area contributed by atoms with Crippen LogP contribution in [0.3, 0.4) is 0 Å². The smallest absolute Gasteiger partial charge is 0.409 e. The zero-order valence-corrected chi connectivity index (χ0v) is 7.90. The highest BCUT2D eigenvalue weighted by Gasteiger charge is 2.54. The highest BCUT2D eigenvalue weighted by Crippen LogP contribution is 2.47. The van der Waals surface area contributed by atoms with Gasteiger partial charge in [0.25, 0.3) is 0 Å². The van der Waals surface area contributed by atoms with E-state index in [4.69, 9.17) is 5.53 Å². The molecule has 5 nitrogen and oxygen atoms in total. The fraction of sp³-hybridized carbons (Fsp3) is 0.250. The first-order valence-electron chi connectivity index (χ1n) is 4.18. The minimum absolute atomic E-state index is 0.164. The third-order valence-electron chi connectivity index (χ3n) is 1.91. The molecule has 1 aliphatic rings. The normalized spacial score (nSPS) is 19.8. The zero-order valence-electron chi connectivity index (χ0n) is 7.90. The first kappa shape index (κ1) is 11.5. The standard InChI is InChI=1S/C8H3F4N3O2/c9-7(10)5-3-4(14-15-13)1-2-6(5)16-8(11,12)17-7/h1-3H. The maximum absolute atomic E-state index is 13.2. The molecule has 9 heteroatoms. The van der Waals surface area contributed by atoms with Crippen molar-refractivity contribution in [2.75, 3.05) is 0 Å². The van der Waals surface area contributed by atoms with Gasteiger partial charge in [-0.1, -0.05) is 5.11 Å². The second-order valence-corrected chi connectivity index (χ2v) is 3.05. The number of rotatable bonds is 1. The minimum Gasteiger partial charge on any atom is -0.409 e. The molecule has 0 amide bonds. The molecule has 0 fully saturated rings. The molecular weight excluding hydrogens is 246 g/mol. The van der Waals surface area contributed by atoms with Crippen LogP contribution in [0.2, 0.25) is 0 Å². The number of hydrogen-bond donors (Lipinski definition) is 0. The number of benzene rings is 1. The fourth-order valence-electron chi connectivity index (χ4n) is 1.30. The average molecular weight is 249 g/mol. The number of halogens is 4. The average Bonchev–Trinajstić information content (AvgIpc) is 2.17. The van der Waals surface area contributed by atoms with Crippen LogP contribution in [-0.4, -0.2) is 6.29 Å². The molecule has 0 atom stereocenters. The second kappa shape index (κ2) is 3.51. The SMILES string of the molecule is [N-]=[N+]=Nc1ccc2c(c1)C(F)(F)OC(F)(F)O2. The molecule has 90 valence electrons. The Balaban J connectivity index is 2.55. The summed E-state index contributed by atoms with van der Waals surface area (Å²) in [5.74, 6) is -0.733. The first-order chi connectivity index (χ1) is 7.84. The maximum Gasteiger partial charge on any atom is 0.540 e. The molecule has 0 spiro atoms. The van der Waals surface area contributed by atoms with Crippen molar-refractivity contribution in [2.45, 2.75) is 12.4 Å². The van der Waals surface area contributed by atoms with Crippen molar-refractivity contribution >= 4 is 5.69 Å². The molecule has 0 aliphatic carbocycles. The van der Waals surface area contributed by atoms with Gasteiger partial charge in [0.1, 0.15) is 5.75 Å². The van der Waals surface area contributed by atoms with Gasteiger partial charge in [0, 0.05) is 10.6 Å². The molecule has 0 saturated heterocycles. The molecule has 0 radical (unpaired) electrons. The summed E-state index contributed by atoms with van der Waals surface area (Å²) in [4.78, 5) is 2.38. The van der Waals surface area contributed by atoms with Crippen LogP contribution in [0.4, 0.5) is 23.2 Å². The predicted octanol–water partition coefficient (Wildman–Crippen LogP) is 3.64. The molecule has 0 unspecified atom stereocenters. The summed E-state index contributed by atoms with van der Waals surface area (Å²) in [5.41, 5.74) is 7.04. The van der Waals surface area contributed by atoms with E-state index in [9.17, 15) is 17.6 Å². The van der Waals surface area contributed by atoms with E-state index in [-0.39, 0.29) is 5.69 Å². The molecule has 1 aromatic carbocycles. The zero-order chi connectivity index (χ0) is 12.7. The van der Waals surface area contributed by atoms with Crippen LogP contribution in [-0.2, 0) is 10.8 Å². The van der Waals surface area contributed by atoms with Crippen LogP contribution in [0.25, 0.3) is 10.4 Å². The van der Waals surface area contributed by atoms with Crippen molar-refractivity contribution in [1.29, 1.82) is 0 Å². The van der Waals surface area contributed by atoms with Gasteiger partial charge in [0.15, 0.2) is 0 Å². The van der Waals surface area contributed by atoms with Gasteiger partial charge in [0.05, 0.1) is 5.56 Å². The van der Waals surface area contributed by atoms with E-state index in [1.165, 1.54) is 0 Å². The third kappa shape index (κ3) is 2.10. The number of fused-ring (bicyclic) bond motifs is 1. The van der Waals surface area contributed by atoms with E-state index in [1.54, 1.807) is 0 Å². The summed E-state index contributed by atoms with van der Waals surface area (Å²) in [6.07, 6.45) is -8.63. The van der Waals surface area contributed by atoms with Gasteiger partial charge < -0.3 is 4.74 Å². The monoisotopic (exact) mass is 249 g/mol. The lowest BCUT2D eigenvalue weighted by molar-refractivity contribution is -0.461. The fourth-order valence-corrected chi connectivity index (χ4v) is 1.30. The number of alkyl halides is 4. The van der Waals surface area contributed by atoms with Gasteiger partial charge in [-0.3, -0.25) is 0 Å². The molecule has 0 N–H and O–H groups in total. The van der Waals surface area contributed by atoms with Gasteiger partial charge in [-0.05, 0) is 23.7 Å². The Morgan fingerprint density at radius 3 is 2.59 bits per heavy atom. The topological polar surface area (TPSA) is 67.2 Å². The molecular formula is C8H3F4N3O2. The summed E-state index contributed by atoms with van der Waals surface area (Å²) < 4.78 is 58.7. The van der Waals surface area contributed by atoms with Crippen molar-refractivity contribution in [1.82, 2.24) is 0 Å². The summed E-state index contributed by atoms with van der Waals surface area (Å²) >= 11 is 0. The quantitative estimate of drug-likeness (QED) is 0.330. The largest absolute Gasteiger partial charge is 0.540 e. The second-order valence-electron chi connectivity index (χ2n) is 3.05. The van der Waals surface area contributed by atoms with E-state index in [2.05, 4.69) is 19.5 Å². The van der Waals surface area contributed by atoms with Crippen LogP contribution in [0, 0.1) is 0 Å². The number of hydrogen-bond acceptors (Lipinski definition) is 3. The Morgan fingerprint density at radius 1 is 1.24 bits per heavy atom. The van der Waals surface area contributed by atoms with Crippen molar-refractivity contribution in [2.24, 2.45) is 5.11 Å². The maximum atomic E-state index is 13.2. The summed E-state index contributed by atoms with van der Waals surface area (Å²) in [6.45, 7) is 0. The molecule has 0 aromatic heterocycles.